The maximum atomic E-state index is 11.1. The number of ether oxygens (including phenoxy) is 2. The number of hydrogen-bond acceptors (Lipinski definition) is 3. The van der Waals surface area contributed by atoms with Crippen molar-refractivity contribution in [1.82, 2.24) is 5.32 Å². The van der Waals surface area contributed by atoms with Crippen molar-refractivity contribution in [2.24, 2.45) is 0 Å². The summed E-state index contributed by atoms with van der Waals surface area (Å²) < 4.78 is 10.5. The number of rotatable bonds is 5. The van der Waals surface area contributed by atoms with Crippen LogP contribution in [0.5, 0.6) is 11.5 Å². The molecule has 1 amide bonds. The topological polar surface area (TPSA) is 47.6 Å². The van der Waals surface area contributed by atoms with Crippen LogP contribution in [0.15, 0.2) is 42.5 Å². The van der Waals surface area contributed by atoms with Crippen molar-refractivity contribution in [3.8, 4) is 23.3 Å². The lowest BCUT2D eigenvalue weighted by atomic mass is 10.0. The Morgan fingerprint density at radius 1 is 1.00 bits per heavy atom. The maximum Gasteiger partial charge on any atom is 0.217 e. The summed E-state index contributed by atoms with van der Waals surface area (Å²) in [5.74, 6) is 7.62. The Morgan fingerprint density at radius 2 is 1.60 bits per heavy atom. The molecular formula is C21H23NO3. The van der Waals surface area contributed by atoms with Crippen LogP contribution < -0.4 is 14.8 Å². The zero-order chi connectivity index (χ0) is 18.2. The van der Waals surface area contributed by atoms with E-state index < -0.39 is 0 Å². The molecule has 4 heteroatoms. The lowest BCUT2D eigenvalue weighted by Crippen LogP contribution is -2.31. The first-order valence-corrected chi connectivity index (χ1v) is 8.12. The number of amides is 1. The van der Waals surface area contributed by atoms with Crippen molar-refractivity contribution < 1.29 is 14.3 Å². The summed E-state index contributed by atoms with van der Waals surface area (Å²) >= 11 is 0. The minimum absolute atomic E-state index is 0.00935. The number of carbonyl (C=O) groups is 1. The van der Waals surface area contributed by atoms with E-state index in [9.17, 15) is 4.79 Å². The minimum atomic E-state index is -0.00935. The molecule has 0 aliphatic rings. The minimum Gasteiger partial charge on any atom is -0.493 e. The van der Waals surface area contributed by atoms with E-state index in [0.717, 1.165) is 23.1 Å². The van der Waals surface area contributed by atoms with Gasteiger partial charge in [-0.3, -0.25) is 4.79 Å². The van der Waals surface area contributed by atoms with Gasteiger partial charge in [0.25, 0.3) is 0 Å². The molecule has 2 aromatic rings. The zero-order valence-electron chi connectivity index (χ0n) is 15.1. The lowest BCUT2D eigenvalue weighted by molar-refractivity contribution is -0.119. The van der Waals surface area contributed by atoms with E-state index in [1.807, 2.05) is 49.4 Å². The third-order valence-corrected chi connectivity index (χ3v) is 3.68. The van der Waals surface area contributed by atoms with Gasteiger partial charge < -0.3 is 14.8 Å². The Kier molecular flexibility index (Phi) is 6.47. The van der Waals surface area contributed by atoms with Gasteiger partial charge >= 0.3 is 0 Å². The van der Waals surface area contributed by atoms with Crippen LogP contribution >= 0.6 is 0 Å². The normalized spacial score (nSPS) is 11.0. The standard InChI is InChI=1S/C21H23NO3/c1-15(22-16(2)23)13-18-8-5-17(6-9-18)7-10-19-11-12-20(24-3)21(14-19)25-4/h5-6,8-9,11-12,14-15H,13H2,1-4H3,(H,22,23). The number of methoxy groups -OCH3 is 2. The van der Waals surface area contributed by atoms with Crippen LogP contribution in [0.25, 0.3) is 0 Å². The van der Waals surface area contributed by atoms with Crippen molar-refractivity contribution in [2.75, 3.05) is 14.2 Å². The van der Waals surface area contributed by atoms with Crippen LogP contribution in [0, 0.1) is 11.8 Å². The Labute approximate surface area is 149 Å². The first kappa shape index (κ1) is 18.4. The molecule has 0 saturated heterocycles. The number of carbonyl (C=O) groups excluding carboxylic acids is 1. The maximum absolute atomic E-state index is 11.1. The predicted molar refractivity (Wildman–Crippen MR) is 99.0 cm³/mol. The summed E-state index contributed by atoms with van der Waals surface area (Å²) in [4.78, 5) is 11.1. The molecule has 0 aliphatic carbocycles. The fourth-order valence-electron chi connectivity index (χ4n) is 2.53. The molecule has 0 aromatic heterocycles. The highest BCUT2D eigenvalue weighted by Gasteiger charge is 2.05. The fourth-order valence-corrected chi connectivity index (χ4v) is 2.53. The van der Waals surface area contributed by atoms with Gasteiger partial charge in [-0.2, -0.15) is 0 Å². The van der Waals surface area contributed by atoms with Gasteiger partial charge in [0.05, 0.1) is 14.2 Å². The molecule has 0 saturated carbocycles. The van der Waals surface area contributed by atoms with Gasteiger partial charge in [-0.25, -0.2) is 0 Å². The van der Waals surface area contributed by atoms with Gasteiger partial charge in [0, 0.05) is 24.1 Å². The zero-order valence-corrected chi connectivity index (χ0v) is 15.1. The Morgan fingerprint density at radius 3 is 2.20 bits per heavy atom. The molecule has 1 N–H and O–H groups in total. The molecule has 2 rings (SSSR count). The van der Waals surface area contributed by atoms with Crippen LogP contribution in [0.3, 0.4) is 0 Å². The molecule has 2 aromatic carbocycles. The highest BCUT2D eigenvalue weighted by Crippen LogP contribution is 2.27. The smallest absolute Gasteiger partial charge is 0.217 e. The first-order valence-electron chi connectivity index (χ1n) is 8.12. The van der Waals surface area contributed by atoms with Crippen molar-refractivity contribution in [1.29, 1.82) is 0 Å². The summed E-state index contributed by atoms with van der Waals surface area (Å²) in [6, 6.07) is 13.8. The second-order valence-corrected chi connectivity index (χ2v) is 5.82. The molecule has 0 fully saturated rings. The van der Waals surface area contributed by atoms with Crippen molar-refractivity contribution >= 4 is 5.91 Å². The fraction of sp³-hybridized carbons (Fsp3) is 0.286. The van der Waals surface area contributed by atoms with Gasteiger partial charge in [0.1, 0.15) is 0 Å². The summed E-state index contributed by atoms with van der Waals surface area (Å²) in [5, 5.41) is 2.88. The van der Waals surface area contributed by atoms with E-state index in [1.54, 1.807) is 14.2 Å². The van der Waals surface area contributed by atoms with Crippen LogP contribution in [0.1, 0.15) is 30.5 Å². The third kappa shape index (κ3) is 5.58. The molecular weight excluding hydrogens is 314 g/mol. The van der Waals surface area contributed by atoms with Gasteiger partial charge in [-0.05, 0) is 49.2 Å². The molecule has 130 valence electrons. The Hall–Kier alpha value is -2.93. The number of benzene rings is 2. The Bertz CT molecular complexity index is 785. The molecule has 25 heavy (non-hydrogen) atoms. The molecule has 0 radical (unpaired) electrons. The van der Waals surface area contributed by atoms with Crippen molar-refractivity contribution in [3.63, 3.8) is 0 Å². The monoisotopic (exact) mass is 337 g/mol. The van der Waals surface area contributed by atoms with Gasteiger partial charge in [0.15, 0.2) is 11.5 Å². The van der Waals surface area contributed by atoms with Crippen LogP contribution in [0.4, 0.5) is 0 Å². The van der Waals surface area contributed by atoms with E-state index >= 15 is 0 Å². The molecule has 1 atom stereocenters. The number of nitrogens with one attached hydrogen (secondary N) is 1. The molecule has 4 nitrogen and oxygen atoms in total. The van der Waals surface area contributed by atoms with E-state index in [2.05, 4.69) is 17.2 Å². The van der Waals surface area contributed by atoms with Crippen molar-refractivity contribution in [2.45, 2.75) is 26.3 Å². The number of hydrogen-bond donors (Lipinski definition) is 1. The summed E-state index contributed by atoms with van der Waals surface area (Å²) in [6.45, 7) is 3.52. The Balaban J connectivity index is 2.07. The van der Waals surface area contributed by atoms with Crippen LogP contribution in [-0.2, 0) is 11.2 Å². The van der Waals surface area contributed by atoms with E-state index in [0.29, 0.717) is 11.5 Å². The van der Waals surface area contributed by atoms with Crippen LogP contribution in [0.2, 0.25) is 0 Å². The lowest BCUT2D eigenvalue weighted by Gasteiger charge is -2.12. The highest BCUT2D eigenvalue weighted by molar-refractivity contribution is 5.73. The molecule has 1 unspecified atom stereocenters. The highest BCUT2D eigenvalue weighted by atomic mass is 16.5. The second kappa shape index (κ2) is 8.79. The van der Waals surface area contributed by atoms with Gasteiger partial charge in [-0.1, -0.05) is 24.0 Å². The van der Waals surface area contributed by atoms with Crippen LogP contribution in [-0.4, -0.2) is 26.2 Å². The predicted octanol–water partition coefficient (Wildman–Crippen LogP) is 3.17. The SMILES string of the molecule is COc1ccc(C#Cc2ccc(CC(C)NC(C)=O)cc2)cc1OC. The molecule has 0 spiro atoms. The molecule has 0 bridgehead atoms. The summed E-state index contributed by atoms with van der Waals surface area (Å²) in [5.41, 5.74) is 2.96. The van der Waals surface area contributed by atoms with Gasteiger partial charge in [-0.15, -0.1) is 0 Å². The average Bonchev–Trinajstić information content (AvgIpc) is 2.60. The average molecular weight is 337 g/mol. The second-order valence-electron chi connectivity index (χ2n) is 5.82. The summed E-state index contributed by atoms with van der Waals surface area (Å²) in [7, 11) is 3.22. The molecule has 0 aliphatic heterocycles. The van der Waals surface area contributed by atoms with Gasteiger partial charge in [0.2, 0.25) is 5.91 Å². The molecule has 0 heterocycles. The first-order chi connectivity index (χ1) is 12.0. The summed E-state index contributed by atoms with van der Waals surface area (Å²) in [6.07, 6.45) is 0.795. The van der Waals surface area contributed by atoms with E-state index in [4.69, 9.17) is 9.47 Å². The largest absolute Gasteiger partial charge is 0.493 e. The van der Waals surface area contributed by atoms with E-state index in [1.165, 1.54) is 6.92 Å². The quantitative estimate of drug-likeness (QED) is 0.853. The third-order valence-electron chi connectivity index (χ3n) is 3.68. The van der Waals surface area contributed by atoms with Crippen molar-refractivity contribution in [3.05, 3.63) is 59.2 Å². The van der Waals surface area contributed by atoms with E-state index in [-0.39, 0.29) is 11.9 Å².